The van der Waals surface area contributed by atoms with E-state index in [0.717, 1.165) is 5.52 Å². The van der Waals surface area contributed by atoms with E-state index < -0.39 is 10.0 Å². The molecule has 21 heavy (non-hydrogen) atoms. The summed E-state index contributed by atoms with van der Waals surface area (Å²) in [4.78, 5) is 6.55. The van der Waals surface area contributed by atoms with Crippen molar-refractivity contribution in [3.05, 3.63) is 24.1 Å². The molecule has 1 aliphatic rings. The van der Waals surface area contributed by atoms with E-state index in [4.69, 9.17) is 10.2 Å². The molecule has 2 aromatic rings. The molecule has 0 amide bonds. The van der Waals surface area contributed by atoms with Crippen molar-refractivity contribution in [2.75, 3.05) is 38.2 Å². The molecule has 1 aromatic heterocycles. The molecule has 0 aliphatic carbocycles. The van der Waals surface area contributed by atoms with Crippen LogP contribution in [0.5, 0.6) is 0 Å². The minimum atomic E-state index is -3.09. The third-order valence-electron chi connectivity index (χ3n) is 3.62. The Morgan fingerprint density at radius 2 is 2.00 bits per heavy atom. The second kappa shape index (κ2) is 5.28. The van der Waals surface area contributed by atoms with Gasteiger partial charge < -0.3 is 10.2 Å². The zero-order valence-electron chi connectivity index (χ0n) is 11.8. The van der Waals surface area contributed by atoms with E-state index in [1.807, 2.05) is 6.07 Å². The van der Waals surface area contributed by atoms with Crippen LogP contribution in [0, 0.1) is 0 Å². The predicted molar refractivity (Wildman–Crippen MR) is 80.1 cm³/mol. The number of benzene rings is 1. The van der Waals surface area contributed by atoms with Crippen LogP contribution in [-0.4, -0.2) is 55.0 Å². The van der Waals surface area contributed by atoms with Gasteiger partial charge in [0.25, 0.3) is 0 Å². The summed E-state index contributed by atoms with van der Waals surface area (Å²) in [5.74, 6) is 0.628. The van der Waals surface area contributed by atoms with Gasteiger partial charge in [-0.2, -0.15) is 4.31 Å². The quantitative estimate of drug-likeness (QED) is 0.829. The number of aromatic nitrogens is 1. The van der Waals surface area contributed by atoms with Crippen LogP contribution in [0.3, 0.4) is 0 Å². The van der Waals surface area contributed by atoms with Gasteiger partial charge >= 0.3 is 0 Å². The van der Waals surface area contributed by atoms with Crippen molar-refractivity contribution in [3.63, 3.8) is 0 Å². The smallest absolute Gasteiger partial charge is 0.211 e. The highest BCUT2D eigenvalue weighted by atomic mass is 32.2. The molecule has 0 bridgehead atoms. The predicted octanol–water partition coefficient (Wildman–Crippen LogP) is 0.487. The first-order valence-corrected chi connectivity index (χ1v) is 8.59. The monoisotopic (exact) mass is 310 g/mol. The third kappa shape index (κ3) is 3.17. The van der Waals surface area contributed by atoms with E-state index in [9.17, 15) is 8.42 Å². The van der Waals surface area contributed by atoms with Crippen molar-refractivity contribution in [2.45, 2.75) is 6.54 Å². The molecule has 1 fully saturated rings. The Hall–Kier alpha value is -1.64. The van der Waals surface area contributed by atoms with E-state index >= 15 is 0 Å². The molecule has 2 heterocycles. The first-order chi connectivity index (χ1) is 9.91. The summed E-state index contributed by atoms with van der Waals surface area (Å²) in [6.07, 6.45) is 1.24. The van der Waals surface area contributed by atoms with Crippen molar-refractivity contribution < 1.29 is 12.8 Å². The average Bonchev–Trinajstić information content (AvgIpc) is 2.79. The Morgan fingerprint density at radius 3 is 2.67 bits per heavy atom. The number of anilines is 1. The average molecular weight is 310 g/mol. The van der Waals surface area contributed by atoms with Gasteiger partial charge in [0.05, 0.1) is 12.8 Å². The molecule has 3 rings (SSSR count). The molecular weight excluding hydrogens is 292 g/mol. The lowest BCUT2D eigenvalue weighted by atomic mass is 10.3. The zero-order valence-corrected chi connectivity index (χ0v) is 12.6. The highest BCUT2D eigenvalue weighted by Gasteiger charge is 2.24. The van der Waals surface area contributed by atoms with Crippen molar-refractivity contribution in [1.82, 2.24) is 14.2 Å². The molecular formula is C13H18N4O3S. The molecule has 114 valence electrons. The number of sulfonamides is 1. The summed E-state index contributed by atoms with van der Waals surface area (Å²) >= 11 is 0. The highest BCUT2D eigenvalue weighted by molar-refractivity contribution is 7.88. The van der Waals surface area contributed by atoms with Crippen LogP contribution in [0.1, 0.15) is 5.89 Å². The molecule has 0 spiro atoms. The lowest BCUT2D eigenvalue weighted by Crippen LogP contribution is -2.47. The molecule has 1 saturated heterocycles. The Balaban J connectivity index is 1.67. The third-order valence-corrected chi connectivity index (χ3v) is 4.92. The van der Waals surface area contributed by atoms with Gasteiger partial charge in [-0.05, 0) is 12.1 Å². The minimum Gasteiger partial charge on any atom is -0.439 e. The van der Waals surface area contributed by atoms with Gasteiger partial charge in [0, 0.05) is 37.9 Å². The van der Waals surface area contributed by atoms with Crippen LogP contribution >= 0.6 is 0 Å². The van der Waals surface area contributed by atoms with Gasteiger partial charge in [-0.15, -0.1) is 0 Å². The van der Waals surface area contributed by atoms with Crippen LogP contribution in [0.2, 0.25) is 0 Å². The normalized spacial score (nSPS) is 18.3. The highest BCUT2D eigenvalue weighted by Crippen LogP contribution is 2.19. The van der Waals surface area contributed by atoms with Gasteiger partial charge in [0.2, 0.25) is 15.9 Å². The second-order valence-electron chi connectivity index (χ2n) is 5.27. The lowest BCUT2D eigenvalue weighted by molar-refractivity contribution is 0.170. The summed E-state index contributed by atoms with van der Waals surface area (Å²) in [6.45, 7) is 2.94. The van der Waals surface area contributed by atoms with Gasteiger partial charge in [-0.25, -0.2) is 13.4 Å². The van der Waals surface area contributed by atoms with Gasteiger partial charge in [-0.1, -0.05) is 0 Å². The largest absolute Gasteiger partial charge is 0.439 e. The molecule has 0 unspecified atom stereocenters. The molecule has 1 aromatic carbocycles. The Bertz CT molecular complexity index is 748. The Kier molecular flexibility index (Phi) is 3.60. The van der Waals surface area contributed by atoms with Crippen molar-refractivity contribution >= 4 is 26.8 Å². The SMILES string of the molecule is CS(=O)(=O)N1CCN(Cc2nc3ccc(N)cc3o2)CC1. The van der Waals surface area contributed by atoms with E-state index in [2.05, 4.69) is 9.88 Å². The van der Waals surface area contributed by atoms with Crippen molar-refractivity contribution in [3.8, 4) is 0 Å². The fourth-order valence-electron chi connectivity index (χ4n) is 2.47. The molecule has 7 nitrogen and oxygen atoms in total. The van der Waals surface area contributed by atoms with E-state index in [-0.39, 0.29) is 0 Å². The van der Waals surface area contributed by atoms with Gasteiger partial charge in [-0.3, -0.25) is 4.90 Å². The second-order valence-corrected chi connectivity index (χ2v) is 7.26. The molecule has 1 aliphatic heterocycles. The fraction of sp³-hybridized carbons (Fsp3) is 0.462. The van der Waals surface area contributed by atoms with Crippen LogP contribution in [0.25, 0.3) is 11.1 Å². The van der Waals surface area contributed by atoms with Crippen LogP contribution in [0.4, 0.5) is 5.69 Å². The lowest BCUT2D eigenvalue weighted by Gasteiger charge is -2.32. The summed E-state index contributed by atoms with van der Waals surface area (Å²) in [6, 6.07) is 5.38. The number of oxazole rings is 1. The molecule has 0 radical (unpaired) electrons. The minimum absolute atomic E-state index is 0.506. The first kappa shape index (κ1) is 14.3. The van der Waals surface area contributed by atoms with Gasteiger partial charge in [0.15, 0.2) is 5.58 Å². The van der Waals surface area contributed by atoms with E-state index in [1.54, 1.807) is 12.1 Å². The summed E-state index contributed by atoms with van der Waals surface area (Å²) in [5, 5.41) is 0. The van der Waals surface area contributed by atoms with Crippen LogP contribution in [0.15, 0.2) is 22.6 Å². The number of rotatable bonds is 3. The Labute approximate surface area is 123 Å². The maximum absolute atomic E-state index is 11.5. The number of nitrogen functional groups attached to an aromatic ring is 1. The summed E-state index contributed by atoms with van der Waals surface area (Å²) in [7, 11) is -3.09. The zero-order chi connectivity index (χ0) is 15.0. The number of hydrogen-bond acceptors (Lipinski definition) is 6. The van der Waals surface area contributed by atoms with Crippen molar-refractivity contribution in [1.29, 1.82) is 0 Å². The first-order valence-electron chi connectivity index (χ1n) is 6.74. The van der Waals surface area contributed by atoms with Crippen molar-refractivity contribution in [2.24, 2.45) is 0 Å². The maximum Gasteiger partial charge on any atom is 0.211 e. The fourth-order valence-corrected chi connectivity index (χ4v) is 3.29. The van der Waals surface area contributed by atoms with Gasteiger partial charge in [0.1, 0.15) is 5.52 Å². The molecule has 0 saturated carbocycles. The van der Waals surface area contributed by atoms with Crippen LogP contribution in [-0.2, 0) is 16.6 Å². The van der Waals surface area contributed by atoms with E-state index in [1.165, 1.54) is 10.6 Å². The number of fused-ring (bicyclic) bond motifs is 1. The maximum atomic E-state index is 11.5. The number of nitrogens with zero attached hydrogens (tertiary/aromatic N) is 3. The topological polar surface area (TPSA) is 92.7 Å². The van der Waals surface area contributed by atoms with Crippen LogP contribution < -0.4 is 5.73 Å². The molecule has 8 heteroatoms. The summed E-state index contributed by atoms with van der Waals surface area (Å²) in [5.41, 5.74) is 7.82. The molecule has 2 N–H and O–H groups in total. The number of nitrogens with two attached hydrogens (primary N) is 1. The Morgan fingerprint density at radius 1 is 1.29 bits per heavy atom. The number of hydrogen-bond donors (Lipinski definition) is 1. The number of piperazine rings is 1. The molecule has 0 atom stereocenters. The van der Waals surface area contributed by atoms with E-state index in [0.29, 0.717) is 49.9 Å². The summed E-state index contributed by atoms with van der Waals surface area (Å²) < 4.78 is 30.1. The standard InChI is InChI=1S/C13H18N4O3S/c1-21(18,19)17-6-4-16(5-7-17)9-13-15-11-3-2-10(14)8-12(11)20-13/h2-3,8H,4-7,9,14H2,1H3.